The second-order valence-electron chi connectivity index (χ2n) is 6.44. The van der Waals surface area contributed by atoms with Crippen LogP contribution in [0.5, 0.6) is 0 Å². The third-order valence-corrected chi connectivity index (χ3v) is 4.66. The van der Waals surface area contributed by atoms with Gasteiger partial charge in [0.25, 0.3) is 5.91 Å². The Bertz CT molecular complexity index is 800. The molecule has 2 heterocycles. The molecule has 1 aromatic carbocycles. The topological polar surface area (TPSA) is 87.7 Å². The first-order valence-electron chi connectivity index (χ1n) is 9.48. The maximum absolute atomic E-state index is 12.4. The van der Waals surface area contributed by atoms with Crippen molar-refractivity contribution in [2.24, 2.45) is 0 Å². The maximum atomic E-state index is 12.4. The second kappa shape index (κ2) is 9.27. The molecule has 2 aromatic rings. The number of nitrogens with zero attached hydrogens (tertiary/aromatic N) is 4. The van der Waals surface area contributed by atoms with E-state index in [1.807, 2.05) is 0 Å². The van der Waals surface area contributed by atoms with Crippen molar-refractivity contribution in [2.75, 3.05) is 49.5 Å². The molecule has 1 fully saturated rings. The molecule has 8 nitrogen and oxygen atoms in total. The van der Waals surface area contributed by atoms with Crippen LogP contribution >= 0.6 is 0 Å². The first-order valence-corrected chi connectivity index (χ1v) is 9.48. The number of hydrogen-bond acceptors (Lipinski definition) is 7. The Kier molecular flexibility index (Phi) is 6.54. The maximum Gasteiger partial charge on any atom is 0.338 e. The summed E-state index contributed by atoms with van der Waals surface area (Å²) >= 11 is 0. The largest absolute Gasteiger partial charge is 0.462 e. The van der Waals surface area contributed by atoms with Crippen LogP contribution in [-0.2, 0) is 4.74 Å². The van der Waals surface area contributed by atoms with Gasteiger partial charge in [0.05, 0.1) is 17.7 Å². The fourth-order valence-corrected chi connectivity index (χ4v) is 2.97. The zero-order valence-electron chi connectivity index (χ0n) is 16.2. The molecule has 0 saturated carbocycles. The first kappa shape index (κ1) is 19.8. The van der Waals surface area contributed by atoms with Gasteiger partial charge in [0.2, 0.25) is 5.95 Å². The summed E-state index contributed by atoms with van der Waals surface area (Å²) in [6, 6.07) is 6.55. The number of rotatable bonds is 6. The summed E-state index contributed by atoms with van der Waals surface area (Å²) < 4.78 is 4.94. The number of carbonyl (C=O) groups excluding carboxylic acids is 2. The van der Waals surface area contributed by atoms with Crippen LogP contribution in [0.2, 0.25) is 0 Å². The number of esters is 1. The molecule has 1 aromatic heterocycles. The van der Waals surface area contributed by atoms with Gasteiger partial charge in [-0.15, -0.1) is 0 Å². The van der Waals surface area contributed by atoms with Crippen molar-refractivity contribution < 1.29 is 14.3 Å². The monoisotopic (exact) mass is 383 g/mol. The van der Waals surface area contributed by atoms with Crippen molar-refractivity contribution >= 4 is 23.5 Å². The predicted molar refractivity (Wildman–Crippen MR) is 107 cm³/mol. The third kappa shape index (κ3) is 4.83. The highest BCUT2D eigenvalue weighted by Crippen LogP contribution is 2.14. The summed E-state index contributed by atoms with van der Waals surface area (Å²) in [5.74, 6) is -0.0403. The highest BCUT2D eigenvalue weighted by Gasteiger charge is 2.18. The van der Waals surface area contributed by atoms with Gasteiger partial charge in [-0.05, 0) is 37.7 Å². The number of carbonyl (C=O) groups is 2. The minimum atomic E-state index is -0.385. The van der Waals surface area contributed by atoms with E-state index in [0.717, 1.165) is 32.7 Å². The van der Waals surface area contributed by atoms with Crippen LogP contribution in [0.4, 0.5) is 11.6 Å². The standard InChI is InChI=1S/C20H25N5O3/c1-3-24-9-11-25(12-10-24)20-21-13-16(14-22-20)18(26)23-17-7-5-15(6-8-17)19(27)28-4-2/h5-8,13-14H,3-4,9-12H2,1-2H3,(H,23,26). The van der Waals surface area contributed by atoms with Crippen molar-refractivity contribution in [3.05, 3.63) is 47.8 Å². The number of anilines is 2. The molecule has 0 aliphatic carbocycles. The lowest BCUT2D eigenvalue weighted by atomic mass is 10.2. The lowest BCUT2D eigenvalue weighted by molar-refractivity contribution is 0.0526. The lowest BCUT2D eigenvalue weighted by Gasteiger charge is -2.33. The molecule has 3 rings (SSSR count). The minimum Gasteiger partial charge on any atom is -0.462 e. The van der Waals surface area contributed by atoms with Crippen molar-refractivity contribution in [1.29, 1.82) is 0 Å². The summed E-state index contributed by atoms with van der Waals surface area (Å²) in [6.07, 6.45) is 3.08. The zero-order valence-corrected chi connectivity index (χ0v) is 16.2. The summed E-state index contributed by atoms with van der Waals surface area (Å²) in [5.41, 5.74) is 1.40. The molecule has 0 radical (unpaired) electrons. The van der Waals surface area contributed by atoms with E-state index in [1.54, 1.807) is 31.2 Å². The first-order chi connectivity index (χ1) is 13.6. The molecule has 1 saturated heterocycles. The van der Waals surface area contributed by atoms with Gasteiger partial charge in [-0.2, -0.15) is 0 Å². The van der Waals surface area contributed by atoms with Gasteiger partial charge in [0.1, 0.15) is 0 Å². The molecule has 148 valence electrons. The minimum absolute atomic E-state index is 0.300. The molecule has 0 unspecified atom stereocenters. The fourth-order valence-electron chi connectivity index (χ4n) is 2.97. The van der Waals surface area contributed by atoms with Crippen LogP contribution in [0.3, 0.4) is 0 Å². The molecule has 28 heavy (non-hydrogen) atoms. The number of likely N-dealkylation sites (N-methyl/N-ethyl adjacent to an activating group) is 1. The van der Waals surface area contributed by atoms with Gasteiger partial charge >= 0.3 is 5.97 Å². The molecule has 8 heteroatoms. The number of aromatic nitrogens is 2. The smallest absolute Gasteiger partial charge is 0.338 e. The van der Waals surface area contributed by atoms with E-state index in [4.69, 9.17) is 4.74 Å². The summed E-state index contributed by atoms with van der Waals surface area (Å²) in [6.45, 7) is 9.03. The Labute approximate surface area is 164 Å². The van der Waals surface area contributed by atoms with Crippen LogP contribution in [0, 0.1) is 0 Å². The number of benzene rings is 1. The SMILES string of the molecule is CCOC(=O)c1ccc(NC(=O)c2cnc(N3CCN(CC)CC3)nc2)cc1. The number of nitrogens with one attached hydrogen (secondary N) is 1. The van der Waals surface area contributed by atoms with Crippen LogP contribution in [0.25, 0.3) is 0 Å². The van der Waals surface area contributed by atoms with Gasteiger partial charge in [0.15, 0.2) is 0 Å². The zero-order chi connectivity index (χ0) is 19.9. The summed E-state index contributed by atoms with van der Waals surface area (Å²) in [4.78, 5) is 37.3. The molecular weight excluding hydrogens is 358 g/mol. The van der Waals surface area contributed by atoms with Gasteiger partial charge in [-0.25, -0.2) is 14.8 Å². The Morgan fingerprint density at radius 2 is 1.64 bits per heavy atom. The van der Waals surface area contributed by atoms with E-state index in [-0.39, 0.29) is 11.9 Å². The van der Waals surface area contributed by atoms with Crippen LogP contribution in [0.1, 0.15) is 34.6 Å². The Morgan fingerprint density at radius 3 is 2.21 bits per heavy atom. The van der Waals surface area contributed by atoms with Crippen molar-refractivity contribution in [1.82, 2.24) is 14.9 Å². The average Bonchev–Trinajstić information content (AvgIpc) is 2.74. The molecule has 1 aliphatic rings. The summed E-state index contributed by atoms with van der Waals surface area (Å²) in [5, 5.41) is 2.78. The van der Waals surface area contributed by atoms with Crippen LogP contribution in [0.15, 0.2) is 36.7 Å². The quantitative estimate of drug-likeness (QED) is 0.764. The number of hydrogen-bond donors (Lipinski definition) is 1. The number of amides is 1. The average molecular weight is 383 g/mol. The normalized spacial score (nSPS) is 14.6. The predicted octanol–water partition coefficient (Wildman–Crippen LogP) is 2.05. The van der Waals surface area contributed by atoms with Crippen molar-refractivity contribution in [2.45, 2.75) is 13.8 Å². The molecule has 1 amide bonds. The Balaban J connectivity index is 1.58. The van der Waals surface area contributed by atoms with E-state index < -0.39 is 0 Å². The third-order valence-electron chi connectivity index (χ3n) is 4.66. The Morgan fingerprint density at radius 1 is 1.00 bits per heavy atom. The van der Waals surface area contributed by atoms with E-state index in [0.29, 0.717) is 29.4 Å². The van der Waals surface area contributed by atoms with Crippen LogP contribution < -0.4 is 10.2 Å². The fraction of sp³-hybridized carbons (Fsp3) is 0.400. The molecule has 0 spiro atoms. The van der Waals surface area contributed by atoms with E-state index in [9.17, 15) is 9.59 Å². The lowest BCUT2D eigenvalue weighted by Crippen LogP contribution is -2.46. The van der Waals surface area contributed by atoms with Gasteiger partial charge in [-0.1, -0.05) is 6.92 Å². The van der Waals surface area contributed by atoms with Gasteiger partial charge in [-0.3, -0.25) is 4.79 Å². The number of piperazine rings is 1. The Hall–Kier alpha value is -3.00. The van der Waals surface area contributed by atoms with Crippen molar-refractivity contribution in [3.8, 4) is 0 Å². The highest BCUT2D eigenvalue weighted by atomic mass is 16.5. The molecule has 0 atom stereocenters. The van der Waals surface area contributed by atoms with Crippen molar-refractivity contribution in [3.63, 3.8) is 0 Å². The van der Waals surface area contributed by atoms with E-state index >= 15 is 0 Å². The molecule has 1 aliphatic heterocycles. The van der Waals surface area contributed by atoms with Gasteiger partial charge in [0, 0.05) is 44.3 Å². The highest BCUT2D eigenvalue weighted by molar-refractivity contribution is 6.04. The van der Waals surface area contributed by atoms with E-state index in [2.05, 4.69) is 32.0 Å². The van der Waals surface area contributed by atoms with Gasteiger partial charge < -0.3 is 19.9 Å². The summed E-state index contributed by atoms with van der Waals surface area (Å²) in [7, 11) is 0. The molecule has 1 N–H and O–H groups in total. The molecular formula is C20H25N5O3. The van der Waals surface area contributed by atoms with E-state index in [1.165, 1.54) is 12.4 Å². The number of ether oxygens (including phenoxy) is 1. The molecule has 0 bridgehead atoms. The second-order valence-corrected chi connectivity index (χ2v) is 6.44. The van der Waals surface area contributed by atoms with Crippen LogP contribution in [-0.4, -0.2) is 66.1 Å².